The van der Waals surface area contributed by atoms with Crippen LogP contribution in [0.3, 0.4) is 0 Å². The molecule has 2 rings (SSSR count). The molecule has 18 heavy (non-hydrogen) atoms. The first-order chi connectivity index (χ1) is 8.72. The van der Waals surface area contributed by atoms with E-state index in [0.29, 0.717) is 6.61 Å². The first-order valence-electron chi connectivity index (χ1n) is 6.87. The molecule has 100 valence electrons. The fourth-order valence-corrected chi connectivity index (χ4v) is 2.30. The van der Waals surface area contributed by atoms with E-state index in [1.165, 1.54) is 5.56 Å². The van der Waals surface area contributed by atoms with Gasteiger partial charge in [0.15, 0.2) is 0 Å². The molecule has 0 aliphatic carbocycles. The Morgan fingerprint density at radius 3 is 2.50 bits per heavy atom. The van der Waals surface area contributed by atoms with Gasteiger partial charge in [-0.15, -0.1) is 0 Å². The lowest BCUT2D eigenvalue weighted by Gasteiger charge is -2.32. The van der Waals surface area contributed by atoms with E-state index in [1.54, 1.807) is 0 Å². The number of nitrogens with one attached hydrogen (secondary N) is 1. The summed E-state index contributed by atoms with van der Waals surface area (Å²) >= 11 is 0. The molecule has 1 saturated heterocycles. The summed E-state index contributed by atoms with van der Waals surface area (Å²) in [6, 6.07) is 8.20. The summed E-state index contributed by atoms with van der Waals surface area (Å²) in [5.41, 5.74) is 0.679. The maximum absolute atomic E-state index is 10.3. The SMILES string of the molecule is CCCc1ccc(OCC2(O)CCNCC2)cc1. The largest absolute Gasteiger partial charge is 0.491 e. The summed E-state index contributed by atoms with van der Waals surface area (Å²) in [4.78, 5) is 0. The van der Waals surface area contributed by atoms with Gasteiger partial charge in [-0.1, -0.05) is 25.5 Å². The average Bonchev–Trinajstić information content (AvgIpc) is 2.39. The third-order valence-electron chi connectivity index (χ3n) is 3.50. The van der Waals surface area contributed by atoms with Crippen LogP contribution in [-0.4, -0.2) is 30.4 Å². The van der Waals surface area contributed by atoms with Crippen LogP contribution in [0, 0.1) is 0 Å². The zero-order chi connectivity index (χ0) is 12.8. The summed E-state index contributed by atoms with van der Waals surface area (Å²) in [5, 5.41) is 13.6. The Labute approximate surface area is 109 Å². The number of piperidine rings is 1. The number of hydrogen-bond acceptors (Lipinski definition) is 3. The zero-order valence-corrected chi connectivity index (χ0v) is 11.1. The minimum atomic E-state index is -0.659. The topological polar surface area (TPSA) is 41.5 Å². The highest BCUT2D eigenvalue weighted by atomic mass is 16.5. The highest BCUT2D eigenvalue weighted by Crippen LogP contribution is 2.21. The van der Waals surface area contributed by atoms with E-state index >= 15 is 0 Å². The third kappa shape index (κ3) is 3.72. The Kier molecular flexibility index (Phi) is 4.61. The molecule has 0 atom stereocenters. The van der Waals surface area contributed by atoms with Gasteiger partial charge in [0.2, 0.25) is 0 Å². The van der Waals surface area contributed by atoms with E-state index in [4.69, 9.17) is 4.74 Å². The molecule has 0 saturated carbocycles. The van der Waals surface area contributed by atoms with Crippen LogP contribution in [0.4, 0.5) is 0 Å². The predicted octanol–water partition coefficient (Wildman–Crippen LogP) is 2.13. The predicted molar refractivity (Wildman–Crippen MR) is 73.0 cm³/mol. The fourth-order valence-electron chi connectivity index (χ4n) is 2.30. The van der Waals surface area contributed by atoms with E-state index in [9.17, 15) is 5.11 Å². The zero-order valence-electron chi connectivity index (χ0n) is 11.1. The van der Waals surface area contributed by atoms with Crippen LogP contribution in [0.25, 0.3) is 0 Å². The van der Waals surface area contributed by atoms with Crippen LogP contribution in [0.1, 0.15) is 31.7 Å². The Hall–Kier alpha value is -1.06. The molecule has 0 bridgehead atoms. The van der Waals surface area contributed by atoms with Crippen molar-refractivity contribution in [2.24, 2.45) is 0 Å². The molecular formula is C15H23NO2. The molecular weight excluding hydrogens is 226 g/mol. The van der Waals surface area contributed by atoms with Gasteiger partial charge in [0, 0.05) is 0 Å². The van der Waals surface area contributed by atoms with Crippen LogP contribution in [0.2, 0.25) is 0 Å². The van der Waals surface area contributed by atoms with Crippen LogP contribution >= 0.6 is 0 Å². The van der Waals surface area contributed by atoms with Gasteiger partial charge >= 0.3 is 0 Å². The lowest BCUT2D eigenvalue weighted by molar-refractivity contribution is -0.0286. The van der Waals surface area contributed by atoms with Crippen molar-refractivity contribution >= 4 is 0 Å². The van der Waals surface area contributed by atoms with Crippen molar-refractivity contribution in [1.82, 2.24) is 5.32 Å². The van der Waals surface area contributed by atoms with Gasteiger partial charge < -0.3 is 15.2 Å². The molecule has 0 aromatic heterocycles. The number of aryl methyl sites for hydroxylation is 1. The molecule has 0 radical (unpaired) electrons. The first kappa shape index (κ1) is 13.4. The minimum Gasteiger partial charge on any atom is -0.491 e. The molecule has 2 N–H and O–H groups in total. The van der Waals surface area contributed by atoms with E-state index < -0.39 is 5.60 Å². The Balaban J connectivity index is 1.85. The summed E-state index contributed by atoms with van der Waals surface area (Å²) in [7, 11) is 0. The molecule has 3 nitrogen and oxygen atoms in total. The smallest absolute Gasteiger partial charge is 0.119 e. The molecule has 1 aromatic rings. The minimum absolute atomic E-state index is 0.391. The summed E-state index contributed by atoms with van der Waals surface area (Å²) in [6.45, 7) is 4.31. The van der Waals surface area contributed by atoms with Crippen molar-refractivity contribution in [1.29, 1.82) is 0 Å². The number of rotatable bonds is 5. The highest BCUT2D eigenvalue weighted by Gasteiger charge is 2.29. The van der Waals surface area contributed by atoms with Gasteiger partial charge in [-0.25, -0.2) is 0 Å². The molecule has 0 unspecified atom stereocenters. The molecule has 0 spiro atoms. The van der Waals surface area contributed by atoms with Crippen LogP contribution in [0.5, 0.6) is 5.75 Å². The fraction of sp³-hybridized carbons (Fsp3) is 0.600. The summed E-state index contributed by atoms with van der Waals surface area (Å²) in [6.07, 6.45) is 3.80. The van der Waals surface area contributed by atoms with Crippen molar-refractivity contribution in [3.8, 4) is 5.75 Å². The van der Waals surface area contributed by atoms with E-state index in [0.717, 1.165) is 44.5 Å². The van der Waals surface area contributed by atoms with Crippen LogP contribution in [0.15, 0.2) is 24.3 Å². The van der Waals surface area contributed by atoms with E-state index in [1.807, 2.05) is 12.1 Å². The Morgan fingerprint density at radius 1 is 1.22 bits per heavy atom. The van der Waals surface area contributed by atoms with E-state index in [2.05, 4.69) is 24.4 Å². The quantitative estimate of drug-likeness (QED) is 0.840. The molecule has 1 heterocycles. The van der Waals surface area contributed by atoms with Crippen molar-refractivity contribution in [2.75, 3.05) is 19.7 Å². The maximum atomic E-state index is 10.3. The second-order valence-electron chi connectivity index (χ2n) is 5.16. The van der Waals surface area contributed by atoms with Crippen molar-refractivity contribution in [3.05, 3.63) is 29.8 Å². The van der Waals surface area contributed by atoms with Crippen molar-refractivity contribution < 1.29 is 9.84 Å². The van der Waals surface area contributed by atoms with Gasteiger partial charge in [0.05, 0.1) is 0 Å². The second kappa shape index (κ2) is 6.21. The summed E-state index contributed by atoms with van der Waals surface area (Å²) < 4.78 is 5.70. The third-order valence-corrected chi connectivity index (χ3v) is 3.50. The monoisotopic (exact) mass is 249 g/mol. The number of aliphatic hydroxyl groups is 1. The van der Waals surface area contributed by atoms with Crippen molar-refractivity contribution in [3.63, 3.8) is 0 Å². The highest BCUT2D eigenvalue weighted by molar-refractivity contribution is 5.27. The van der Waals surface area contributed by atoms with Gasteiger partial charge in [0.1, 0.15) is 18.0 Å². The number of hydrogen-bond donors (Lipinski definition) is 2. The van der Waals surface area contributed by atoms with Gasteiger partial charge in [-0.2, -0.15) is 0 Å². The molecule has 1 aliphatic rings. The first-order valence-corrected chi connectivity index (χ1v) is 6.87. The van der Waals surface area contributed by atoms with Gasteiger partial charge in [-0.3, -0.25) is 0 Å². The van der Waals surface area contributed by atoms with Crippen LogP contribution < -0.4 is 10.1 Å². The second-order valence-corrected chi connectivity index (χ2v) is 5.16. The number of benzene rings is 1. The maximum Gasteiger partial charge on any atom is 0.119 e. The lowest BCUT2D eigenvalue weighted by Crippen LogP contribution is -2.45. The number of ether oxygens (including phenoxy) is 1. The molecule has 1 fully saturated rings. The van der Waals surface area contributed by atoms with Gasteiger partial charge in [-0.05, 0) is 50.0 Å². The Morgan fingerprint density at radius 2 is 1.89 bits per heavy atom. The molecule has 1 aliphatic heterocycles. The standard InChI is InChI=1S/C15H23NO2/c1-2-3-13-4-6-14(7-5-13)18-12-15(17)8-10-16-11-9-15/h4-7,16-17H,2-3,8-12H2,1H3. The molecule has 1 aromatic carbocycles. The summed E-state index contributed by atoms with van der Waals surface area (Å²) in [5.74, 6) is 0.849. The molecule has 0 amide bonds. The normalized spacial score (nSPS) is 18.6. The Bertz CT molecular complexity index is 355. The van der Waals surface area contributed by atoms with Crippen LogP contribution in [-0.2, 0) is 6.42 Å². The average molecular weight is 249 g/mol. The van der Waals surface area contributed by atoms with Gasteiger partial charge in [0.25, 0.3) is 0 Å². The van der Waals surface area contributed by atoms with Crippen molar-refractivity contribution in [2.45, 2.75) is 38.2 Å². The van der Waals surface area contributed by atoms with E-state index in [-0.39, 0.29) is 0 Å². The lowest BCUT2D eigenvalue weighted by atomic mass is 9.93. The molecule has 3 heteroatoms.